The second-order valence-electron chi connectivity index (χ2n) is 7.38. The summed E-state index contributed by atoms with van der Waals surface area (Å²) in [7, 11) is -2.89. The Morgan fingerprint density at radius 1 is 0.828 bits per heavy atom. The summed E-state index contributed by atoms with van der Waals surface area (Å²) in [6.07, 6.45) is 0.580. The molecule has 1 aliphatic heterocycles. The van der Waals surface area contributed by atoms with Crippen LogP contribution >= 0.6 is 23.2 Å². The van der Waals surface area contributed by atoms with Crippen LogP contribution in [0.15, 0.2) is 91.0 Å². The van der Waals surface area contributed by atoms with E-state index in [1.165, 1.54) is 11.8 Å². The molecule has 5 heteroatoms. The number of nitrogens with zero attached hydrogens (tertiary/aromatic N) is 1. The number of halogens is 1. The number of benzene rings is 3. The summed E-state index contributed by atoms with van der Waals surface area (Å²) in [4.78, 5) is 27.3. The molecule has 1 saturated heterocycles. The molecule has 1 aliphatic rings. The Hall–Kier alpha value is -2.29. The number of imide groups is 1. The molecule has 3 aromatic carbocycles. The molecule has 1 atom stereocenters. The van der Waals surface area contributed by atoms with Crippen LogP contribution in [0, 0.1) is 0 Å². The molecule has 1 heterocycles. The summed E-state index contributed by atoms with van der Waals surface area (Å²) in [6, 6.07) is 30.9. The molecule has 1 unspecified atom stereocenters. The zero-order valence-electron chi connectivity index (χ0n) is 16.2. The van der Waals surface area contributed by atoms with Crippen molar-refractivity contribution in [3.8, 4) is 0 Å². The summed E-state index contributed by atoms with van der Waals surface area (Å²) in [5.74, 6) is -0.332. The summed E-state index contributed by atoms with van der Waals surface area (Å²) in [5.41, 5.74) is 0. The van der Waals surface area contributed by atoms with E-state index < -0.39 is 11.3 Å². The van der Waals surface area contributed by atoms with Crippen LogP contribution in [0.5, 0.6) is 0 Å². The number of alkyl halides is 1. The van der Waals surface area contributed by atoms with Crippen molar-refractivity contribution in [3.63, 3.8) is 0 Å². The number of hydrogen-bond acceptors (Lipinski definition) is 2. The Bertz CT molecular complexity index is 930. The average Bonchev–Trinajstić information content (AvgIpc) is 3.07. The molecule has 29 heavy (non-hydrogen) atoms. The van der Waals surface area contributed by atoms with Gasteiger partial charge in [0.1, 0.15) is 0 Å². The first-order valence-corrected chi connectivity index (χ1v) is 12.5. The van der Waals surface area contributed by atoms with Gasteiger partial charge in [0, 0.05) is 0 Å². The number of likely N-dealkylation sites (tertiary alicyclic amines) is 1. The van der Waals surface area contributed by atoms with Gasteiger partial charge in [0.05, 0.1) is 0 Å². The first kappa shape index (κ1) is 20.0. The minimum atomic E-state index is -2.89. The Morgan fingerprint density at radius 3 is 1.52 bits per heavy atom. The topological polar surface area (TPSA) is 37.4 Å². The van der Waals surface area contributed by atoms with Crippen molar-refractivity contribution in [2.75, 3.05) is 6.54 Å². The van der Waals surface area contributed by atoms with Crippen molar-refractivity contribution in [1.29, 1.82) is 0 Å². The van der Waals surface area contributed by atoms with Gasteiger partial charge in [0.25, 0.3) is 0 Å². The zero-order valence-corrected chi connectivity index (χ0v) is 18.8. The van der Waals surface area contributed by atoms with Gasteiger partial charge in [-0.1, -0.05) is 0 Å². The molecule has 0 aliphatic carbocycles. The SMILES string of the molecule is CC(=O)N1CCC(Br)([PH](c2ccccc2)(c2ccccc2)c2ccccc2)C1=O. The van der Waals surface area contributed by atoms with E-state index in [0.29, 0.717) is 13.0 Å². The van der Waals surface area contributed by atoms with Crippen LogP contribution < -0.4 is 15.9 Å². The van der Waals surface area contributed by atoms with E-state index in [1.807, 2.05) is 54.6 Å². The fourth-order valence-electron chi connectivity index (χ4n) is 4.59. The molecule has 0 N–H and O–H groups in total. The molecule has 0 bridgehead atoms. The molecule has 0 aromatic heterocycles. The number of hydrogen-bond donors (Lipinski definition) is 0. The Labute approximate surface area is 180 Å². The second kappa shape index (κ2) is 7.85. The van der Waals surface area contributed by atoms with E-state index in [0.717, 1.165) is 15.9 Å². The number of amides is 2. The molecular weight excluding hydrogens is 445 g/mol. The van der Waals surface area contributed by atoms with E-state index in [-0.39, 0.29) is 11.8 Å². The normalized spacial score (nSPS) is 19.9. The molecule has 3 nitrogen and oxygen atoms in total. The summed E-state index contributed by atoms with van der Waals surface area (Å²) in [5, 5.41) is 3.44. The minimum absolute atomic E-state index is 0.131. The van der Waals surface area contributed by atoms with Crippen LogP contribution in [0.3, 0.4) is 0 Å². The van der Waals surface area contributed by atoms with E-state index >= 15 is 0 Å². The van der Waals surface area contributed by atoms with Gasteiger partial charge in [-0.2, -0.15) is 0 Å². The zero-order chi connectivity index (χ0) is 20.5. The monoisotopic (exact) mass is 467 g/mol. The maximum absolute atomic E-state index is 13.7. The maximum atomic E-state index is 13.7. The van der Waals surface area contributed by atoms with Crippen molar-refractivity contribution in [3.05, 3.63) is 91.0 Å². The first-order chi connectivity index (χ1) is 14.0. The fraction of sp³-hybridized carbons (Fsp3) is 0.167. The predicted molar refractivity (Wildman–Crippen MR) is 125 cm³/mol. The van der Waals surface area contributed by atoms with Gasteiger partial charge in [0.15, 0.2) is 0 Å². The molecule has 4 rings (SSSR count). The van der Waals surface area contributed by atoms with Crippen LogP contribution in [0.25, 0.3) is 0 Å². The second-order valence-corrected chi connectivity index (χ2v) is 13.5. The van der Waals surface area contributed by atoms with Crippen LogP contribution in [0.1, 0.15) is 13.3 Å². The standard InChI is InChI=1S/C24H23BrNO2P/c1-19(27)26-18-17-24(25,23(26)28)29(20-11-5-2-6-12-20,21-13-7-3-8-14-21)22-15-9-4-10-16-22/h2-16,29H,17-18H2,1H3. The summed E-state index contributed by atoms with van der Waals surface area (Å²) < 4.78 is -0.851. The van der Waals surface area contributed by atoms with Gasteiger partial charge in [-0.25, -0.2) is 0 Å². The molecule has 3 aromatic rings. The van der Waals surface area contributed by atoms with E-state index in [1.54, 1.807) is 0 Å². The molecule has 2 amide bonds. The van der Waals surface area contributed by atoms with Gasteiger partial charge in [-0.05, 0) is 0 Å². The predicted octanol–water partition coefficient (Wildman–Crippen LogP) is 3.58. The van der Waals surface area contributed by atoms with Crippen molar-refractivity contribution in [1.82, 2.24) is 4.90 Å². The molecule has 1 fully saturated rings. The first-order valence-electron chi connectivity index (χ1n) is 9.70. The Kier molecular flexibility index (Phi) is 5.42. The van der Waals surface area contributed by atoms with Crippen molar-refractivity contribution in [2.45, 2.75) is 17.4 Å². The third-order valence-electron chi connectivity index (χ3n) is 5.86. The van der Waals surface area contributed by atoms with Crippen LogP contribution in [0.4, 0.5) is 0 Å². The van der Waals surface area contributed by atoms with Gasteiger partial charge < -0.3 is 0 Å². The Morgan fingerprint density at radius 2 is 1.21 bits per heavy atom. The van der Waals surface area contributed by atoms with Gasteiger partial charge >= 0.3 is 180 Å². The third-order valence-corrected chi connectivity index (χ3v) is 13.6. The van der Waals surface area contributed by atoms with Crippen LogP contribution in [0.2, 0.25) is 0 Å². The van der Waals surface area contributed by atoms with Gasteiger partial charge in [-0.15, -0.1) is 0 Å². The average molecular weight is 468 g/mol. The summed E-state index contributed by atoms with van der Waals surface area (Å²) in [6.45, 7) is 1.90. The molecule has 0 radical (unpaired) electrons. The number of rotatable bonds is 4. The third kappa shape index (κ3) is 3.06. The van der Waals surface area contributed by atoms with E-state index in [4.69, 9.17) is 0 Å². The molecular formula is C24H23BrNO2P. The molecule has 0 spiro atoms. The van der Waals surface area contributed by atoms with Gasteiger partial charge in [0.2, 0.25) is 0 Å². The number of carbonyl (C=O) groups excluding carboxylic acids is 2. The van der Waals surface area contributed by atoms with Crippen LogP contribution in [-0.4, -0.2) is 27.3 Å². The van der Waals surface area contributed by atoms with Crippen molar-refractivity contribution < 1.29 is 9.59 Å². The van der Waals surface area contributed by atoms with Crippen LogP contribution in [-0.2, 0) is 9.59 Å². The van der Waals surface area contributed by atoms with Gasteiger partial charge in [-0.3, -0.25) is 0 Å². The van der Waals surface area contributed by atoms with E-state index in [2.05, 4.69) is 52.3 Å². The quantitative estimate of drug-likeness (QED) is 0.434. The molecule has 148 valence electrons. The van der Waals surface area contributed by atoms with E-state index in [9.17, 15) is 9.59 Å². The Balaban J connectivity index is 2.10. The van der Waals surface area contributed by atoms with Crippen molar-refractivity contribution in [2.24, 2.45) is 0 Å². The van der Waals surface area contributed by atoms with Crippen molar-refractivity contribution >= 4 is 50.9 Å². The summed E-state index contributed by atoms with van der Waals surface area (Å²) >= 11 is 3.97. The number of carbonyl (C=O) groups is 2. The molecule has 0 saturated carbocycles. The fourth-order valence-corrected chi connectivity index (χ4v) is 12.4.